The molecule has 2 heterocycles. The minimum Gasteiger partial charge on any atom is -0.283 e. The Morgan fingerprint density at radius 2 is 2.13 bits per heavy atom. The number of hydrogen-bond donors (Lipinski definition) is 0. The van der Waals surface area contributed by atoms with Gasteiger partial charge in [0, 0.05) is 11.8 Å². The van der Waals surface area contributed by atoms with E-state index in [4.69, 9.17) is 0 Å². The number of nitrogens with zero attached hydrogens (tertiary/aromatic N) is 4. The largest absolute Gasteiger partial charge is 0.283 e. The molecule has 0 spiro atoms. The number of para-hydroxylation sites is 1. The third-order valence-corrected chi connectivity index (χ3v) is 2.58. The molecule has 0 aliphatic carbocycles. The maximum absolute atomic E-state index is 4.43. The van der Waals surface area contributed by atoms with Crippen molar-refractivity contribution in [2.75, 3.05) is 0 Å². The van der Waals surface area contributed by atoms with Crippen molar-refractivity contribution >= 4 is 6.21 Å². The van der Waals surface area contributed by atoms with E-state index < -0.39 is 0 Å². The topological polar surface area (TPSA) is 43.1 Å². The van der Waals surface area contributed by atoms with Gasteiger partial charge in [0.05, 0.1) is 5.69 Å². The molecule has 1 aliphatic rings. The quantitative estimate of drug-likeness (QED) is 0.647. The zero-order valence-electron chi connectivity index (χ0n) is 8.33. The van der Waals surface area contributed by atoms with Crippen molar-refractivity contribution in [2.24, 2.45) is 4.99 Å². The predicted molar refractivity (Wildman–Crippen MR) is 57.4 cm³/mol. The molecule has 0 saturated carbocycles. The van der Waals surface area contributed by atoms with Crippen molar-refractivity contribution in [3.63, 3.8) is 0 Å². The maximum Gasteiger partial charge on any atom is 0.161 e. The van der Waals surface area contributed by atoms with E-state index in [1.54, 1.807) is 6.33 Å². The Hall–Kier alpha value is -1.97. The summed E-state index contributed by atoms with van der Waals surface area (Å²) in [6.07, 6.45) is 3.63. The Bertz CT molecular complexity index is 527. The van der Waals surface area contributed by atoms with Gasteiger partial charge < -0.3 is 0 Å². The molecule has 4 heteroatoms. The van der Waals surface area contributed by atoms with Gasteiger partial charge in [-0.05, 0) is 13.0 Å². The fourth-order valence-electron chi connectivity index (χ4n) is 1.79. The molecule has 0 radical (unpaired) electrons. The minimum absolute atomic E-state index is 0.0555. The molecule has 4 nitrogen and oxygen atoms in total. The van der Waals surface area contributed by atoms with Gasteiger partial charge in [0.2, 0.25) is 0 Å². The number of aromatic nitrogens is 3. The highest BCUT2D eigenvalue weighted by Gasteiger charge is 2.17. The van der Waals surface area contributed by atoms with Gasteiger partial charge in [-0.2, -0.15) is 0 Å². The van der Waals surface area contributed by atoms with Crippen LogP contribution in [-0.4, -0.2) is 21.0 Å². The van der Waals surface area contributed by atoms with Crippen LogP contribution < -0.4 is 0 Å². The summed E-state index contributed by atoms with van der Waals surface area (Å²) in [6, 6.07) is 8.16. The normalized spacial score (nSPS) is 18.1. The van der Waals surface area contributed by atoms with Crippen molar-refractivity contribution in [1.82, 2.24) is 14.8 Å². The molecule has 1 atom stereocenters. The number of fused-ring (bicyclic) bond motifs is 3. The van der Waals surface area contributed by atoms with E-state index in [1.807, 2.05) is 42.0 Å². The molecule has 0 amide bonds. The van der Waals surface area contributed by atoms with Crippen LogP contribution >= 0.6 is 0 Å². The lowest BCUT2D eigenvalue weighted by atomic mass is 10.2. The van der Waals surface area contributed by atoms with E-state index in [2.05, 4.69) is 15.2 Å². The molecule has 74 valence electrons. The first kappa shape index (κ1) is 8.35. The first-order chi connectivity index (χ1) is 7.36. The van der Waals surface area contributed by atoms with Crippen LogP contribution in [0.2, 0.25) is 0 Å². The highest BCUT2D eigenvalue weighted by molar-refractivity contribution is 5.85. The van der Waals surface area contributed by atoms with Crippen molar-refractivity contribution in [3.05, 3.63) is 42.0 Å². The summed E-state index contributed by atoms with van der Waals surface area (Å²) in [7, 11) is 0. The fourth-order valence-corrected chi connectivity index (χ4v) is 1.79. The van der Waals surface area contributed by atoms with Crippen LogP contribution in [0, 0.1) is 0 Å². The molecule has 1 aromatic heterocycles. The highest BCUT2D eigenvalue weighted by Crippen LogP contribution is 2.23. The van der Waals surface area contributed by atoms with Crippen LogP contribution in [0.4, 0.5) is 0 Å². The third kappa shape index (κ3) is 1.18. The Balaban J connectivity index is 2.33. The van der Waals surface area contributed by atoms with Gasteiger partial charge in [-0.1, -0.05) is 18.2 Å². The average Bonchev–Trinajstić information content (AvgIpc) is 2.71. The van der Waals surface area contributed by atoms with Gasteiger partial charge in [-0.25, -0.2) is 0 Å². The van der Waals surface area contributed by atoms with Gasteiger partial charge in [0.15, 0.2) is 5.82 Å². The molecule has 0 bridgehead atoms. The molecular weight excluding hydrogens is 188 g/mol. The summed E-state index contributed by atoms with van der Waals surface area (Å²) in [6.45, 7) is 2.02. The summed E-state index contributed by atoms with van der Waals surface area (Å²) in [5, 5.41) is 8.03. The van der Waals surface area contributed by atoms with E-state index in [0.29, 0.717) is 0 Å². The van der Waals surface area contributed by atoms with Gasteiger partial charge in [0.25, 0.3) is 0 Å². The van der Waals surface area contributed by atoms with E-state index in [1.165, 1.54) is 0 Å². The zero-order chi connectivity index (χ0) is 10.3. The van der Waals surface area contributed by atoms with Crippen LogP contribution in [0.5, 0.6) is 0 Å². The lowest BCUT2D eigenvalue weighted by Gasteiger charge is -2.07. The Morgan fingerprint density at radius 3 is 3.07 bits per heavy atom. The molecular formula is C11H10N4. The molecule has 0 N–H and O–H groups in total. The first-order valence-corrected chi connectivity index (χ1v) is 4.89. The number of hydrogen-bond acceptors (Lipinski definition) is 3. The Kier molecular flexibility index (Phi) is 1.68. The smallest absolute Gasteiger partial charge is 0.161 e. The van der Waals surface area contributed by atoms with Crippen LogP contribution in [0.25, 0.3) is 5.69 Å². The minimum atomic E-state index is 0.0555. The molecule has 1 unspecified atom stereocenters. The summed E-state index contributed by atoms with van der Waals surface area (Å²) in [5.41, 5.74) is 2.19. The first-order valence-electron chi connectivity index (χ1n) is 4.89. The van der Waals surface area contributed by atoms with Crippen LogP contribution in [0.15, 0.2) is 35.6 Å². The van der Waals surface area contributed by atoms with Crippen LogP contribution in [0.1, 0.15) is 24.4 Å². The SMILES string of the molecule is CC1N=Cc2ccccc2-n2cnnc21. The summed E-state index contributed by atoms with van der Waals surface area (Å²) < 4.78 is 1.99. The van der Waals surface area contributed by atoms with Gasteiger partial charge in [-0.15, -0.1) is 10.2 Å². The third-order valence-electron chi connectivity index (χ3n) is 2.58. The molecule has 0 fully saturated rings. The Labute approximate surface area is 87.3 Å². The van der Waals surface area contributed by atoms with Gasteiger partial charge in [0.1, 0.15) is 12.4 Å². The Morgan fingerprint density at radius 1 is 1.27 bits per heavy atom. The zero-order valence-corrected chi connectivity index (χ0v) is 8.33. The molecule has 2 aromatic rings. The van der Waals surface area contributed by atoms with Crippen molar-refractivity contribution in [2.45, 2.75) is 13.0 Å². The van der Waals surface area contributed by atoms with Crippen LogP contribution in [-0.2, 0) is 0 Å². The summed E-state index contributed by atoms with van der Waals surface area (Å²) in [4.78, 5) is 4.43. The van der Waals surface area contributed by atoms with E-state index in [0.717, 1.165) is 17.1 Å². The lowest BCUT2D eigenvalue weighted by molar-refractivity contribution is 0.726. The van der Waals surface area contributed by atoms with Crippen molar-refractivity contribution in [3.8, 4) is 5.69 Å². The molecule has 1 aliphatic heterocycles. The number of aliphatic imine (C=N–C) groups is 1. The monoisotopic (exact) mass is 198 g/mol. The number of benzene rings is 1. The standard InChI is InChI=1S/C11H10N4/c1-8-11-14-13-7-15(11)10-5-3-2-4-9(10)6-12-8/h2-8H,1H3. The summed E-state index contributed by atoms with van der Waals surface area (Å²) >= 11 is 0. The van der Waals surface area contributed by atoms with Gasteiger partial charge >= 0.3 is 0 Å². The molecule has 0 saturated heterocycles. The second kappa shape index (κ2) is 3.02. The van der Waals surface area contributed by atoms with Gasteiger partial charge in [-0.3, -0.25) is 9.56 Å². The highest BCUT2D eigenvalue weighted by atomic mass is 15.3. The number of rotatable bonds is 0. The fraction of sp³-hybridized carbons (Fsp3) is 0.182. The van der Waals surface area contributed by atoms with Crippen molar-refractivity contribution < 1.29 is 0 Å². The predicted octanol–water partition coefficient (Wildman–Crippen LogP) is 1.76. The van der Waals surface area contributed by atoms with E-state index >= 15 is 0 Å². The lowest BCUT2D eigenvalue weighted by Crippen LogP contribution is -2.01. The molecule has 15 heavy (non-hydrogen) atoms. The second-order valence-electron chi connectivity index (χ2n) is 3.57. The van der Waals surface area contributed by atoms with Crippen molar-refractivity contribution in [1.29, 1.82) is 0 Å². The van der Waals surface area contributed by atoms with E-state index in [-0.39, 0.29) is 6.04 Å². The average molecular weight is 198 g/mol. The molecule has 3 rings (SSSR count). The molecule has 1 aromatic carbocycles. The van der Waals surface area contributed by atoms with Crippen LogP contribution in [0.3, 0.4) is 0 Å². The maximum atomic E-state index is 4.43. The summed E-state index contributed by atoms with van der Waals surface area (Å²) in [5.74, 6) is 0.885. The second-order valence-corrected chi connectivity index (χ2v) is 3.57. The van der Waals surface area contributed by atoms with E-state index in [9.17, 15) is 0 Å².